The normalized spacial score (nSPS) is 18.6. The Labute approximate surface area is 110 Å². The number of amides is 1. The predicted molar refractivity (Wildman–Crippen MR) is 74.6 cm³/mol. The van der Waals surface area contributed by atoms with E-state index in [4.69, 9.17) is 0 Å². The molecule has 5 heteroatoms. The summed E-state index contributed by atoms with van der Waals surface area (Å²) < 4.78 is 0. The number of rotatable bonds is 3. The van der Waals surface area contributed by atoms with Gasteiger partial charge in [0.05, 0.1) is 5.41 Å². The van der Waals surface area contributed by atoms with Gasteiger partial charge in [-0.1, -0.05) is 12.8 Å². The van der Waals surface area contributed by atoms with Gasteiger partial charge in [0, 0.05) is 41.8 Å². The topological polar surface area (TPSA) is 47.9 Å². The van der Waals surface area contributed by atoms with E-state index < -0.39 is 0 Å². The number of nitrogens with zero attached hydrogens (tertiary/aromatic N) is 3. The number of carbonyl (C=O) groups is 1. The van der Waals surface area contributed by atoms with Gasteiger partial charge in [-0.2, -0.15) is 0 Å². The molecule has 1 aliphatic carbocycles. The molecule has 0 aliphatic heterocycles. The van der Waals surface area contributed by atoms with Crippen LogP contribution in [0.15, 0.2) is 4.99 Å². The van der Waals surface area contributed by atoms with Crippen LogP contribution in [0.5, 0.6) is 0 Å². The van der Waals surface area contributed by atoms with Crippen LogP contribution in [-0.4, -0.2) is 63.4 Å². The summed E-state index contributed by atoms with van der Waals surface area (Å²) in [6.45, 7) is 0.675. The number of guanidine groups is 1. The van der Waals surface area contributed by atoms with Crippen LogP contribution in [0, 0.1) is 5.41 Å². The van der Waals surface area contributed by atoms with Crippen molar-refractivity contribution in [2.45, 2.75) is 25.7 Å². The van der Waals surface area contributed by atoms with Crippen molar-refractivity contribution < 1.29 is 4.79 Å². The fraction of sp³-hybridized carbons (Fsp3) is 0.846. The van der Waals surface area contributed by atoms with Gasteiger partial charge in [0.25, 0.3) is 0 Å². The minimum atomic E-state index is -0.241. The molecular formula is C13H26N4O. The van der Waals surface area contributed by atoms with E-state index >= 15 is 0 Å². The molecule has 0 heterocycles. The van der Waals surface area contributed by atoms with Crippen molar-refractivity contribution in [3.05, 3.63) is 0 Å². The molecule has 1 fully saturated rings. The lowest BCUT2D eigenvalue weighted by Crippen LogP contribution is -2.48. The molecule has 0 saturated heterocycles. The molecule has 1 saturated carbocycles. The first-order chi connectivity index (χ1) is 8.43. The van der Waals surface area contributed by atoms with Gasteiger partial charge in [0.1, 0.15) is 0 Å². The second kappa shape index (κ2) is 6.07. The van der Waals surface area contributed by atoms with E-state index in [-0.39, 0.29) is 11.3 Å². The summed E-state index contributed by atoms with van der Waals surface area (Å²) in [5, 5.41) is 3.32. The summed E-state index contributed by atoms with van der Waals surface area (Å²) in [6.07, 6.45) is 4.23. The Kier molecular flexibility index (Phi) is 4.99. The van der Waals surface area contributed by atoms with E-state index in [9.17, 15) is 4.79 Å². The third-order valence-corrected chi connectivity index (χ3v) is 3.64. The van der Waals surface area contributed by atoms with Gasteiger partial charge < -0.3 is 15.1 Å². The summed E-state index contributed by atoms with van der Waals surface area (Å²) in [6, 6.07) is 0. The number of hydrogen-bond donors (Lipinski definition) is 1. The van der Waals surface area contributed by atoms with Crippen LogP contribution in [0.2, 0.25) is 0 Å². The Morgan fingerprint density at radius 1 is 1.17 bits per heavy atom. The van der Waals surface area contributed by atoms with Crippen molar-refractivity contribution >= 4 is 11.9 Å². The zero-order valence-electron chi connectivity index (χ0n) is 12.3. The number of aliphatic imine (C=N–C) groups is 1. The zero-order chi connectivity index (χ0) is 13.8. The van der Waals surface area contributed by atoms with Gasteiger partial charge in [-0.15, -0.1) is 0 Å². The molecule has 18 heavy (non-hydrogen) atoms. The number of hydrogen-bond acceptors (Lipinski definition) is 2. The largest absolute Gasteiger partial charge is 0.355 e. The Hall–Kier alpha value is -1.26. The van der Waals surface area contributed by atoms with Crippen LogP contribution in [0.4, 0.5) is 0 Å². The molecule has 0 bridgehead atoms. The maximum Gasteiger partial charge on any atom is 0.230 e. The molecule has 5 nitrogen and oxygen atoms in total. The van der Waals surface area contributed by atoms with Crippen LogP contribution < -0.4 is 5.32 Å². The van der Waals surface area contributed by atoms with Gasteiger partial charge in [-0.3, -0.25) is 9.79 Å². The van der Waals surface area contributed by atoms with E-state index in [0.29, 0.717) is 6.54 Å². The van der Waals surface area contributed by atoms with Crippen molar-refractivity contribution in [2.24, 2.45) is 10.4 Å². The lowest BCUT2D eigenvalue weighted by molar-refractivity contribution is -0.138. The van der Waals surface area contributed by atoms with Gasteiger partial charge in [-0.25, -0.2) is 0 Å². The maximum absolute atomic E-state index is 12.4. The molecule has 0 unspecified atom stereocenters. The Morgan fingerprint density at radius 3 is 2.11 bits per heavy atom. The highest BCUT2D eigenvalue weighted by Gasteiger charge is 2.42. The van der Waals surface area contributed by atoms with Crippen molar-refractivity contribution in [2.75, 3.05) is 41.8 Å². The molecule has 0 atom stereocenters. The Balaban J connectivity index is 2.73. The van der Waals surface area contributed by atoms with E-state index in [1.54, 1.807) is 11.9 Å². The smallest absolute Gasteiger partial charge is 0.230 e. The van der Waals surface area contributed by atoms with Crippen molar-refractivity contribution in [1.29, 1.82) is 0 Å². The monoisotopic (exact) mass is 254 g/mol. The van der Waals surface area contributed by atoms with E-state index in [1.165, 1.54) is 0 Å². The number of carbonyl (C=O) groups excluding carboxylic acids is 1. The molecule has 104 valence electrons. The fourth-order valence-electron chi connectivity index (χ4n) is 2.68. The minimum absolute atomic E-state index is 0.238. The second-order valence-electron chi connectivity index (χ2n) is 5.48. The van der Waals surface area contributed by atoms with E-state index in [1.807, 2.05) is 33.1 Å². The van der Waals surface area contributed by atoms with Crippen LogP contribution in [0.3, 0.4) is 0 Å². The minimum Gasteiger partial charge on any atom is -0.355 e. The fourth-order valence-corrected chi connectivity index (χ4v) is 2.68. The molecule has 1 aliphatic rings. The molecular weight excluding hydrogens is 228 g/mol. The summed E-state index contributed by atoms with van der Waals surface area (Å²) in [5.41, 5.74) is -0.241. The molecule has 0 aromatic carbocycles. The zero-order valence-corrected chi connectivity index (χ0v) is 12.3. The van der Waals surface area contributed by atoms with Gasteiger partial charge >= 0.3 is 0 Å². The SMILES string of the molecule is CN=C(NCC1(C(=O)N(C)C)CCCC1)N(C)C. The van der Waals surface area contributed by atoms with Crippen molar-refractivity contribution in [3.63, 3.8) is 0 Å². The summed E-state index contributed by atoms with van der Waals surface area (Å²) in [7, 11) is 9.33. The highest BCUT2D eigenvalue weighted by molar-refractivity contribution is 5.84. The van der Waals surface area contributed by atoms with Crippen LogP contribution >= 0.6 is 0 Å². The quantitative estimate of drug-likeness (QED) is 0.598. The average Bonchev–Trinajstić information content (AvgIpc) is 2.78. The first kappa shape index (κ1) is 14.8. The summed E-state index contributed by atoms with van der Waals surface area (Å²) >= 11 is 0. The lowest BCUT2D eigenvalue weighted by Gasteiger charge is -2.32. The van der Waals surface area contributed by atoms with E-state index in [0.717, 1.165) is 31.6 Å². The average molecular weight is 254 g/mol. The molecule has 1 amide bonds. The van der Waals surface area contributed by atoms with E-state index in [2.05, 4.69) is 10.3 Å². The molecule has 1 rings (SSSR count). The Morgan fingerprint density at radius 2 is 1.72 bits per heavy atom. The third kappa shape index (κ3) is 3.15. The lowest BCUT2D eigenvalue weighted by atomic mass is 9.84. The van der Waals surface area contributed by atoms with Crippen LogP contribution in [0.1, 0.15) is 25.7 Å². The molecule has 0 radical (unpaired) electrons. The van der Waals surface area contributed by atoms with Gasteiger partial charge in [0.15, 0.2) is 5.96 Å². The molecule has 0 aromatic heterocycles. The van der Waals surface area contributed by atoms with Crippen LogP contribution in [-0.2, 0) is 4.79 Å². The van der Waals surface area contributed by atoms with Crippen LogP contribution in [0.25, 0.3) is 0 Å². The van der Waals surface area contributed by atoms with Crippen molar-refractivity contribution in [3.8, 4) is 0 Å². The van der Waals surface area contributed by atoms with Crippen molar-refractivity contribution in [1.82, 2.24) is 15.1 Å². The molecule has 0 aromatic rings. The predicted octanol–water partition coefficient (Wildman–Crippen LogP) is 0.772. The van der Waals surface area contributed by atoms with Gasteiger partial charge in [0.2, 0.25) is 5.91 Å². The summed E-state index contributed by atoms with van der Waals surface area (Å²) in [5.74, 6) is 1.06. The highest BCUT2D eigenvalue weighted by Crippen LogP contribution is 2.38. The first-order valence-electron chi connectivity index (χ1n) is 6.53. The number of nitrogens with one attached hydrogen (secondary N) is 1. The third-order valence-electron chi connectivity index (χ3n) is 3.64. The summed E-state index contributed by atoms with van der Waals surface area (Å²) in [4.78, 5) is 20.2. The second-order valence-corrected chi connectivity index (χ2v) is 5.48. The first-order valence-corrected chi connectivity index (χ1v) is 6.53. The van der Waals surface area contributed by atoms with Gasteiger partial charge in [-0.05, 0) is 12.8 Å². The molecule has 1 N–H and O–H groups in total. The standard InChI is InChI=1S/C13H26N4O/c1-14-12(17(4)5)15-10-13(8-6-7-9-13)11(18)16(2)3/h6-10H2,1-5H3,(H,14,15). The highest BCUT2D eigenvalue weighted by atomic mass is 16.2. The maximum atomic E-state index is 12.4. The molecule has 0 spiro atoms. The Bertz CT molecular complexity index is 317.